The van der Waals surface area contributed by atoms with E-state index >= 15 is 0 Å². The Bertz CT molecular complexity index is 345. The highest BCUT2D eigenvalue weighted by Crippen LogP contribution is 2.33. The van der Waals surface area contributed by atoms with Crippen molar-refractivity contribution in [1.82, 2.24) is 15.0 Å². The summed E-state index contributed by atoms with van der Waals surface area (Å²) in [5.41, 5.74) is 5.69. The predicted octanol–water partition coefficient (Wildman–Crippen LogP) is 1.83. The van der Waals surface area contributed by atoms with Gasteiger partial charge in [0.05, 0.1) is 11.7 Å². The van der Waals surface area contributed by atoms with E-state index in [1.165, 1.54) is 4.68 Å². The Balaban J connectivity index is 2.29. The van der Waals surface area contributed by atoms with E-state index in [1.807, 2.05) is 0 Å². The number of rotatable bonds is 4. The predicted molar refractivity (Wildman–Crippen MR) is 55.2 cm³/mol. The number of halogens is 2. The van der Waals surface area contributed by atoms with Crippen molar-refractivity contribution < 1.29 is 8.78 Å². The second-order valence-electron chi connectivity index (χ2n) is 4.14. The molecule has 4 nitrogen and oxygen atoms in total. The quantitative estimate of drug-likeness (QED) is 0.858. The van der Waals surface area contributed by atoms with E-state index in [-0.39, 0.29) is 11.7 Å². The van der Waals surface area contributed by atoms with Crippen LogP contribution < -0.4 is 5.73 Å². The van der Waals surface area contributed by atoms with Crippen molar-refractivity contribution in [2.75, 3.05) is 6.54 Å². The molecule has 0 atom stereocenters. The Morgan fingerprint density at radius 1 is 1.38 bits per heavy atom. The van der Waals surface area contributed by atoms with Crippen LogP contribution in [0.15, 0.2) is 0 Å². The number of nitrogens with two attached hydrogens (primary N) is 1. The van der Waals surface area contributed by atoms with Gasteiger partial charge in [0.25, 0.3) is 6.43 Å². The van der Waals surface area contributed by atoms with Crippen molar-refractivity contribution >= 4 is 0 Å². The number of hydrogen-bond acceptors (Lipinski definition) is 3. The first kappa shape index (κ1) is 11.4. The molecule has 0 saturated heterocycles. The molecule has 1 aliphatic carbocycles. The fourth-order valence-electron chi connectivity index (χ4n) is 2.29. The lowest BCUT2D eigenvalue weighted by Crippen LogP contribution is -2.12. The van der Waals surface area contributed by atoms with Crippen LogP contribution in [0.1, 0.15) is 49.5 Å². The minimum absolute atomic E-state index is 0.0302. The number of hydrogen-bond donors (Lipinski definition) is 1. The van der Waals surface area contributed by atoms with E-state index in [1.54, 1.807) is 0 Å². The summed E-state index contributed by atoms with van der Waals surface area (Å²) in [5, 5.41) is 7.69. The summed E-state index contributed by atoms with van der Waals surface area (Å²) in [5.74, 6) is 0. The summed E-state index contributed by atoms with van der Waals surface area (Å²) in [6.07, 6.45) is 1.86. The van der Waals surface area contributed by atoms with Crippen molar-refractivity contribution in [3.63, 3.8) is 0 Å². The van der Waals surface area contributed by atoms with Crippen LogP contribution in [0.5, 0.6) is 0 Å². The van der Waals surface area contributed by atoms with Crippen molar-refractivity contribution in [2.24, 2.45) is 5.73 Å². The second kappa shape index (κ2) is 4.86. The van der Waals surface area contributed by atoms with Crippen LogP contribution in [0.25, 0.3) is 0 Å². The number of aromatic nitrogens is 3. The van der Waals surface area contributed by atoms with Crippen molar-refractivity contribution in [3.05, 3.63) is 11.4 Å². The molecule has 0 amide bonds. The SMILES string of the molecule is NCCc1nnn(C2CCCC2)c1C(F)F. The smallest absolute Gasteiger partial charge is 0.281 e. The van der Waals surface area contributed by atoms with Gasteiger partial charge in [0.2, 0.25) is 0 Å². The average molecular weight is 230 g/mol. The van der Waals surface area contributed by atoms with Crippen LogP contribution in [0.2, 0.25) is 0 Å². The first-order valence-corrected chi connectivity index (χ1v) is 5.66. The normalized spacial score (nSPS) is 17.5. The molecular weight excluding hydrogens is 214 g/mol. The highest BCUT2D eigenvalue weighted by atomic mass is 19.3. The molecule has 1 heterocycles. The van der Waals surface area contributed by atoms with E-state index in [2.05, 4.69) is 10.3 Å². The Labute approximate surface area is 92.8 Å². The van der Waals surface area contributed by atoms with E-state index in [0.717, 1.165) is 25.7 Å². The Morgan fingerprint density at radius 3 is 2.62 bits per heavy atom. The van der Waals surface area contributed by atoms with E-state index in [9.17, 15) is 8.78 Å². The van der Waals surface area contributed by atoms with Gasteiger partial charge in [-0.15, -0.1) is 5.10 Å². The number of alkyl halides is 2. The molecule has 1 aliphatic rings. The monoisotopic (exact) mass is 230 g/mol. The molecule has 2 rings (SSSR count). The molecule has 0 aromatic carbocycles. The standard InChI is InChI=1S/C10H16F2N4/c11-10(12)9-8(5-6-13)14-15-16(9)7-3-1-2-4-7/h7,10H,1-6,13H2. The molecule has 0 spiro atoms. The largest absolute Gasteiger partial charge is 0.330 e. The van der Waals surface area contributed by atoms with Gasteiger partial charge in [-0.25, -0.2) is 13.5 Å². The lowest BCUT2D eigenvalue weighted by molar-refractivity contribution is 0.134. The maximum atomic E-state index is 13.0. The maximum absolute atomic E-state index is 13.0. The molecule has 0 radical (unpaired) electrons. The Kier molecular flexibility index (Phi) is 3.48. The van der Waals surface area contributed by atoms with E-state index in [4.69, 9.17) is 5.73 Å². The molecule has 1 aromatic heterocycles. The van der Waals surface area contributed by atoms with Crippen LogP contribution in [0, 0.1) is 0 Å². The van der Waals surface area contributed by atoms with Crippen molar-refractivity contribution in [1.29, 1.82) is 0 Å². The topological polar surface area (TPSA) is 56.7 Å². The molecule has 1 saturated carbocycles. The average Bonchev–Trinajstić information content (AvgIpc) is 2.83. The van der Waals surface area contributed by atoms with Crippen molar-refractivity contribution in [2.45, 2.75) is 44.6 Å². The first-order chi connectivity index (χ1) is 7.74. The second-order valence-corrected chi connectivity index (χ2v) is 4.14. The van der Waals surface area contributed by atoms with E-state index in [0.29, 0.717) is 18.7 Å². The first-order valence-electron chi connectivity index (χ1n) is 5.66. The fraction of sp³-hybridized carbons (Fsp3) is 0.800. The third-order valence-electron chi connectivity index (χ3n) is 3.06. The van der Waals surface area contributed by atoms with Crippen LogP contribution in [-0.4, -0.2) is 21.5 Å². The zero-order chi connectivity index (χ0) is 11.5. The Hall–Kier alpha value is -1.04. The molecule has 0 bridgehead atoms. The van der Waals surface area contributed by atoms with Gasteiger partial charge in [-0.2, -0.15) is 0 Å². The lowest BCUT2D eigenvalue weighted by Gasteiger charge is -2.12. The van der Waals surface area contributed by atoms with Crippen LogP contribution in [0.4, 0.5) is 8.78 Å². The number of nitrogens with zero attached hydrogens (tertiary/aromatic N) is 3. The summed E-state index contributed by atoms with van der Waals surface area (Å²) in [6, 6.07) is 0.100. The molecule has 0 unspecified atom stereocenters. The summed E-state index contributed by atoms with van der Waals surface area (Å²) in [4.78, 5) is 0. The third kappa shape index (κ3) is 2.07. The summed E-state index contributed by atoms with van der Waals surface area (Å²) >= 11 is 0. The third-order valence-corrected chi connectivity index (χ3v) is 3.06. The molecule has 6 heteroatoms. The molecule has 16 heavy (non-hydrogen) atoms. The van der Waals surface area contributed by atoms with Crippen LogP contribution in [0.3, 0.4) is 0 Å². The molecule has 90 valence electrons. The van der Waals surface area contributed by atoms with Gasteiger partial charge in [-0.1, -0.05) is 18.1 Å². The van der Waals surface area contributed by atoms with Crippen LogP contribution in [-0.2, 0) is 6.42 Å². The molecule has 1 fully saturated rings. The van der Waals surface area contributed by atoms with Gasteiger partial charge >= 0.3 is 0 Å². The zero-order valence-corrected chi connectivity index (χ0v) is 9.07. The van der Waals surface area contributed by atoms with Gasteiger partial charge in [-0.3, -0.25) is 0 Å². The van der Waals surface area contributed by atoms with Crippen molar-refractivity contribution in [3.8, 4) is 0 Å². The highest BCUT2D eigenvalue weighted by molar-refractivity contribution is 5.13. The summed E-state index contributed by atoms with van der Waals surface area (Å²) in [6.45, 7) is 0.323. The molecule has 2 N–H and O–H groups in total. The highest BCUT2D eigenvalue weighted by Gasteiger charge is 2.27. The van der Waals surface area contributed by atoms with Crippen LogP contribution >= 0.6 is 0 Å². The lowest BCUT2D eigenvalue weighted by atomic mass is 10.2. The molecule has 1 aromatic rings. The Morgan fingerprint density at radius 2 is 2.06 bits per heavy atom. The maximum Gasteiger partial charge on any atom is 0.281 e. The summed E-state index contributed by atoms with van der Waals surface area (Å²) < 4.78 is 27.3. The summed E-state index contributed by atoms with van der Waals surface area (Å²) in [7, 11) is 0. The molecule has 0 aliphatic heterocycles. The van der Waals surface area contributed by atoms with Gasteiger partial charge < -0.3 is 5.73 Å². The van der Waals surface area contributed by atoms with Gasteiger partial charge in [0.1, 0.15) is 5.69 Å². The zero-order valence-electron chi connectivity index (χ0n) is 9.07. The minimum atomic E-state index is -2.52. The van der Waals surface area contributed by atoms with Gasteiger partial charge in [0, 0.05) is 6.42 Å². The molecular formula is C10H16F2N4. The fourth-order valence-corrected chi connectivity index (χ4v) is 2.29. The van der Waals surface area contributed by atoms with Gasteiger partial charge in [-0.05, 0) is 19.4 Å². The van der Waals surface area contributed by atoms with Gasteiger partial charge in [0.15, 0.2) is 0 Å². The minimum Gasteiger partial charge on any atom is -0.330 e. The van der Waals surface area contributed by atoms with E-state index < -0.39 is 6.43 Å².